The maximum absolute atomic E-state index is 12.2. The van der Waals surface area contributed by atoms with Crippen molar-refractivity contribution >= 4 is 34.8 Å². The summed E-state index contributed by atoms with van der Waals surface area (Å²) < 4.78 is 0. The van der Waals surface area contributed by atoms with Gasteiger partial charge in [-0.2, -0.15) is 0 Å². The molecular weight excluding hydrogens is 312 g/mol. The van der Waals surface area contributed by atoms with E-state index in [4.69, 9.17) is 11.6 Å². The molecule has 23 heavy (non-hydrogen) atoms. The van der Waals surface area contributed by atoms with Crippen LogP contribution in [0.3, 0.4) is 0 Å². The Morgan fingerprint density at radius 3 is 2.17 bits per heavy atom. The molecule has 2 rings (SSSR count). The van der Waals surface area contributed by atoms with Crippen LogP contribution < -0.4 is 10.6 Å². The molecule has 0 spiro atoms. The maximum Gasteiger partial charge on any atom is 0.314 e. The Labute approximate surface area is 140 Å². The highest BCUT2D eigenvalue weighted by Crippen LogP contribution is 2.27. The van der Waals surface area contributed by atoms with Gasteiger partial charge in [0.1, 0.15) is 0 Å². The summed E-state index contributed by atoms with van der Waals surface area (Å²) in [5, 5.41) is 5.83. The molecular formula is C18H19ClN2O2. The molecule has 0 bridgehead atoms. The number of hydrogen-bond acceptors (Lipinski definition) is 2. The molecule has 0 aliphatic rings. The van der Waals surface area contributed by atoms with Crippen LogP contribution >= 0.6 is 11.6 Å². The molecule has 2 amide bonds. The minimum absolute atomic E-state index is 0.240. The molecule has 0 heterocycles. The molecule has 4 nitrogen and oxygen atoms in total. The third kappa shape index (κ3) is 4.33. The van der Waals surface area contributed by atoms with Gasteiger partial charge in [0.05, 0.1) is 0 Å². The van der Waals surface area contributed by atoms with Crippen LogP contribution in [0.25, 0.3) is 0 Å². The van der Waals surface area contributed by atoms with Gasteiger partial charge in [-0.3, -0.25) is 9.59 Å². The molecule has 2 aromatic rings. The number of nitrogens with one attached hydrogen (secondary N) is 2. The highest BCUT2D eigenvalue weighted by atomic mass is 35.5. The lowest BCUT2D eigenvalue weighted by atomic mass is 9.98. The van der Waals surface area contributed by atoms with Crippen LogP contribution in [-0.2, 0) is 9.59 Å². The van der Waals surface area contributed by atoms with Gasteiger partial charge in [0, 0.05) is 16.4 Å². The van der Waals surface area contributed by atoms with E-state index in [2.05, 4.69) is 10.6 Å². The van der Waals surface area contributed by atoms with Gasteiger partial charge in [0.2, 0.25) is 0 Å². The number of carbonyl (C=O) groups excluding carboxylic acids is 2. The fraction of sp³-hybridized carbons (Fsp3) is 0.222. The molecule has 0 radical (unpaired) electrons. The lowest BCUT2D eigenvalue weighted by Crippen LogP contribution is -2.29. The first-order valence-electron chi connectivity index (χ1n) is 7.36. The first-order chi connectivity index (χ1) is 10.9. The van der Waals surface area contributed by atoms with Gasteiger partial charge in [-0.15, -0.1) is 0 Å². The Balaban J connectivity index is 2.13. The van der Waals surface area contributed by atoms with Crippen molar-refractivity contribution in [1.29, 1.82) is 0 Å². The lowest BCUT2D eigenvalue weighted by Gasteiger charge is -2.16. The zero-order valence-corrected chi connectivity index (χ0v) is 14.1. The van der Waals surface area contributed by atoms with E-state index in [0.29, 0.717) is 16.4 Å². The number of para-hydroxylation sites is 1. The fourth-order valence-corrected chi connectivity index (χ4v) is 2.36. The summed E-state index contributed by atoms with van der Waals surface area (Å²) in [6.45, 7) is 5.98. The predicted molar refractivity (Wildman–Crippen MR) is 94.0 cm³/mol. The lowest BCUT2D eigenvalue weighted by molar-refractivity contribution is -0.133. The Morgan fingerprint density at radius 1 is 0.957 bits per heavy atom. The quantitative estimate of drug-likeness (QED) is 0.822. The number of rotatable bonds is 3. The molecule has 0 unspecified atom stereocenters. The topological polar surface area (TPSA) is 58.2 Å². The van der Waals surface area contributed by atoms with E-state index in [-0.39, 0.29) is 5.92 Å². The van der Waals surface area contributed by atoms with Crippen LogP contribution in [-0.4, -0.2) is 11.8 Å². The number of hydrogen-bond donors (Lipinski definition) is 2. The van der Waals surface area contributed by atoms with Crippen molar-refractivity contribution in [3.05, 3.63) is 58.6 Å². The van der Waals surface area contributed by atoms with E-state index in [1.54, 1.807) is 24.3 Å². The highest BCUT2D eigenvalue weighted by molar-refractivity contribution is 6.43. The van der Waals surface area contributed by atoms with Crippen LogP contribution in [0.2, 0.25) is 5.02 Å². The largest absolute Gasteiger partial charge is 0.318 e. The van der Waals surface area contributed by atoms with E-state index in [1.807, 2.05) is 39.0 Å². The van der Waals surface area contributed by atoms with E-state index < -0.39 is 11.8 Å². The number of amides is 2. The average molecular weight is 331 g/mol. The van der Waals surface area contributed by atoms with Gasteiger partial charge < -0.3 is 10.6 Å². The number of anilines is 2. The summed E-state index contributed by atoms with van der Waals surface area (Å²) in [7, 11) is 0. The van der Waals surface area contributed by atoms with Crippen LogP contribution in [0.1, 0.15) is 30.9 Å². The summed E-state index contributed by atoms with van der Waals surface area (Å²) >= 11 is 5.79. The Kier molecular flexibility index (Phi) is 5.40. The van der Waals surface area contributed by atoms with Crippen LogP contribution in [0.4, 0.5) is 11.4 Å². The van der Waals surface area contributed by atoms with E-state index in [9.17, 15) is 9.59 Å². The SMILES string of the molecule is Cc1cccc(C(C)C)c1NC(=O)C(=O)Nc1ccc(Cl)cc1. The molecule has 120 valence electrons. The maximum atomic E-state index is 12.2. The molecule has 0 aromatic heterocycles. The van der Waals surface area contributed by atoms with Gasteiger partial charge in [-0.25, -0.2) is 0 Å². The Hall–Kier alpha value is -2.33. The van der Waals surface area contributed by atoms with Crippen LogP contribution in [0.15, 0.2) is 42.5 Å². The second kappa shape index (κ2) is 7.29. The molecule has 0 fully saturated rings. The molecule has 5 heteroatoms. The van der Waals surface area contributed by atoms with Gasteiger partial charge in [-0.1, -0.05) is 43.6 Å². The smallest absolute Gasteiger partial charge is 0.314 e. The van der Waals surface area contributed by atoms with Crippen molar-refractivity contribution in [2.24, 2.45) is 0 Å². The van der Waals surface area contributed by atoms with E-state index >= 15 is 0 Å². The zero-order valence-electron chi connectivity index (χ0n) is 13.3. The summed E-state index contributed by atoms with van der Waals surface area (Å²) in [6, 6.07) is 12.4. The minimum Gasteiger partial charge on any atom is -0.318 e. The second-order valence-corrected chi connectivity index (χ2v) is 6.05. The number of benzene rings is 2. The van der Waals surface area contributed by atoms with Crippen molar-refractivity contribution in [3.8, 4) is 0 Å². The molecule has 0 aliphatic carbocycles. The number of halogens is 1. The molecule has 0 atom stereocenters. The highest BCUT2D eigenvalue weighted by Gasteiger charge is 2.17. The molecule has 0 saturated heterocycles. The second-order valence-electron chi connectivity index (χ2n) is 5.61. The van der Waals surface area contributed by atoms with Crippen molar-refractivity contribution in [2.75, 3.05) is 10.6 Å². The third-order valence-corrected chi connectivity index (χ3v) is 3.73. The molecule has 0 aliphatic heterocycles. The van der Waals surface area contributed by atoms with Gasteiger partial charge >= 0.3 is 11.8 Å². The molecule has 0 saturated carbocycles. The number of carbonyl (C=O) groups is 2. The minimum atomic E-state index is -0.717. The van der Waals surface area contributed by atoms with Gasteiger partial charge in [0.15, 0.2) is 0 Å². The van der Waals surface area contributed by atoms with Crippen LogP contribution in [0, 0.1) is 6.92 Å². The normalized spacial score (nSPS) is 10.5. The first-order valence-corrected chi connectivity index (χ1v) is 7.73. The Morgan fingerprint density at radius 2 is 1.57 bits per heavy atom. The van der Waals surface area contributed by atoms with E-state index in [0.717, 1.165) is 11.1 Å². The van der Waals surface area contributed by atoms with Gasteiger partial charge in [-0.05, 0) is 48.2 Å². The summed E-state index contributed by atoms with van der Waals surface area (Å²) in [5.74, 6) is -1.18. The molecule has 2 aromatic carbocycles. The predicted octanol–water partition coefficient (Wildman–Crippen LogP) is 4.35. The Bertz CT molecular complexity index is 724. The van der Waals surface area contributed by atoms with Crippen molar-refractivity contribution in [3.63, 3.8) is 0 Å². The summed E-state index contributed by atoms with van der Waals surface area (Å²) in [5.41, 5.74) is 3.13. The average Bonchev–Trinajstić information content (AvgIpc) is 2.51. The zero-order chi connectivity index (χ0) is 17.0. The monoisotopic (exact) mass is 330 g/mol. The van der Waals surface area contributed by atoms with E-state index in [1.165, 1.54) is 0 Å². The van der Waals surface area contributed by atoms with Gasteiger partial charge in [0.25, 0.3) is 0 Å². The van der Waals surface area contributed by atoms with Crippen molar-refractivity contribution in [2.45, 2.75) is 26.7 Å². The first kappa shape index (κ1) is 17.0. The number of aryl methyl sites for hydroxylation is 1. The standard InChI is InChI=1S/C18H19ClN2O2/c1-11(2)15-6-4-5-12(3)16(15)21-18(23)17(22)20-14-9-7-13(19)8-10-14/h4-11H,1-3H3,(H,20,22)(H,21,23). The summed E-state index contributed by atoms with van der Waals surface area (Å²) in [4.78, 5) is 24.2. The van der Waals surface area contributed by atoms with Crippen molar-refractivity contribution < 1.29 is 9.59 Å². The molecule has 2 N–H and O–H groups in total. The fourth-order valence-electron chi connectivity index (χ4n) is 2.23. The van der Waals surface area contributed by atoms with Crippen LogP contribution in [0.5, 0.6) is 0 Å². The van der Waals surface area contributed by atoms with Crippen molar-refractivity contribution in [1.82, 2.24) is 0 Å². The summed E-state index contributed by atoms with van der Waals surface area (Å²) in [6.07, 6.45) is 0. The third-order valence-electron chi connectivity index (χ3n) is 3.47.